The molecule has 3 atom stereocenters. The largest absolute Gasteiger partial charge is 0.756 e. The van der Waals surface area contributed by atoms with Crippen molar-refractivity contribution in [1.29, 1.82) is 0 Å². The van der Waals surface area contributed by atoms with Crippen LogP contribution in [0.15, 0.2) is 36.5 Å². The first-order valence-corrected chi connectivity index (χ1v) is 20.8. The standard InChI is InChI=1S/C39H75N2O6P/c1-6-8-10-11-12-13-14-15-16-17-18-19-20-21-22-23-24-25-26-27-28-29-31-32-38(42)37(40-39(43)33-30-9-7-2)36-47-48(44,45)46-35-34-41(3,4)5/h22-23,26-27,31-32,37-38,42H,6-21,24-25,28-30,33-36H2,1-5H3,(H-,40,43,44,45)/b23-22+,27-26+,32-31+. The molecule has 0 aromatic rings. The van der Waals surface area contributed by atoms with Gasteiger partial charge in [-0.05, 0) is 44.9 Å². The predicted molar refractivity (Wildman–Crippen MR) is 201 cm³/mol. The van der Waals surface area contributed by atoms with Crippen LogP contribution >= 0.6 is 7.82 Å². The van der Waals surface area contributed by atoms with Gasteiger partial charge in [-0.3, -0.25) is 9.36 Å². The number of hydrogen-bond acceptors (Lipinski definition) is 6. The minimum absolute atomic E-state index is 0.00983. The zero-order valence-corrected chi connectivity index (χ0v) is 32.6. The summed E-state index contributed by atoms with van der Waals surface area (Å²) in [6, 6.07) is -0.901. The van der Waals surface area contributed by atoms with Gasteiger partial charge in [0.2, 0.25) is 5.91 Å². The zero-order valence-electron chi connectivity index (χ0n) is 31.7. The molecule has 0 rings (SSSR count). The first-order valence-electron chi connectivity index (χ1n) is 19.4. The molecular formula is C39H75N2O6P. The first kappa shape index (κ1) is 46.7. The van der Waals surface area contributed by atoms with Gasteiger partial charge >= 0.3 is 0 Å². The monoisotopic (exact) mass is 699 g/mol. The second-order valence-corrected chi connectivity index (χ2v) is 15.7. The molecule has 0 aromatic heterocycles. The Morgan fingerprint density at radius 3 is 1.69 bits per heavy atom. The van der Waals surface area contributed by atoms with Crippen molar-refractivity contribution in [3.05, 3.63) is 36.5 Å². The third-order valence-electron chi connectivity index (χ3n) is 8.33. The number of amides is 1. The minimum Gasteiger partial charge on any atom is -0.756 e. The van der Waals surface area contributed by atoms with E-state index in [9.17, 15) is 19.4 Å². The Morgan fingerprint density at radius 2 is 1.17 bits per heavy atom. The molecule has 0 bridgehead atoms. The molecule has 0 aliphatic heterocycles. The maximum atomic E-state index is 12.4. The van der Waals surface area contributed by atoms with Crippen molar-refractivity contribution < 1.29 is 32.9 Å². The number of carbonyl (C=O) groups excluding carboxylic acids is 1. The van der Waals surface area contributed by atoms with Crippen LogP contribution in [-0.2, 0) is 18.4 Å². The Bertz CT molecular complexity index is 886. The third kappa shape index (κ3) is 33.2. The van der Waals surface area contributed by atoms with E-state index in [-0.39, 0.29) is 12.5 Å². The second kappa shape index (κ2) is 31.7. The summed E-state index contributed by atoms with van der Waals surface area (Å²) < 4.78 is 22.8. The summed E-state index contributed by atoms with van der Waals surface area (Å²) >= 11 is 0. The predicted octanol–water partition coefficient (Wildman–Crippen LogP) is 9.33. The fourth-order valence-corrected chi connectivity index (χ4v) is 5.90. The lowest BCUT2D eigenvalue weighted by molar-refractivity contribution is -0.870. The van der Waals surface area contributed by atoms with Crippen LogP contribution in [0.25, 0.3) is 0 Å². The van der Waals surface area contributed by atoms with E-state index in [4.69, 9.17) is 9.05 Å². The summed E-state index contributed by atoms with van der Waals surface area (Å²) in [5.41, 5.74) is 0. The number of hydrogen-bond donors (Lipinski definition) is 2. The van der Waals surface area contributed by atoms with Crippen molar-refractivity contribution in [3.63, 3.8) is 0 Å². The molecule has 0 radical (unpaired) electrons. The Kier molecular flexibility index (Phi) is 30.8. The number of phosphoric ester groups is 1. The van der Waals surface area contributed by atoms with Gasteiger partial charge in [0.05, 0.1) is 39.9 Å². The number of quaternary nitrogens is 1. The van der Waals surface area contributed by atoms with Gasteiger partial charge in [-0.1, -0.05) is 140 Å². The summed E-state index contributed by atoms with van der Waals surface area (Å²) in [4.78, 5) is 24.7. The molecule has 0 saturated carbocycles. The van der Waals surface area contributed by atoms with Crippen LogP contribution in [0.1, 0.15) is 155 Å². The fourth-order valence-electron chi connectivity index (χ4n) is 5.18. The molecule has 0 heterocycles. The van der Waals surface area contributed by atoms with Crippen molar-refractivity contribution in [3.8, 4) is 0 Å². The molecule has 0 fully saturated rings. The van der Waals surface area contributed by atoms with Crippen LogP contribution in [0.4, 0.5) is 0 Å². The van der Waals surface area contributed by atoms with Crippen LogP contribution < -0.4 is 10.2 Å². The number of allylic oxidation sites excluding steroid dienone is 5. The van der Waals surface area contributed by atoms with E-state index in [0.29, 0.717) is 17.4 Å². The topological polar surface area (TPSA) is 108 Å². The van der Waals surface area contributed by atoms with E-state index < -0.39 is 26.6 Å². The van der Waals surface area contributed by atoms with Gasteiger partial charge in [-0.15, -0.1) is 0 Å². The summed E-state index contributed by atoms with van der Waals surface area (Å²) in [6.07, 6.45) is 37.1. The van der Waals surface area contributed by atoms with E-state index >= 15 is 0 Å². The van der Waals surface area contributed by atoms with Crippen molar-refractivity contribution >= 4 is 13.7 Å². The van der Waals surface area contributed by atoms with Crippen LogP contribution in [0.2, 0.25) is 0 Å². The Morgan fingerprint density at radius 1 is 0.708 bits per heavy atom. The van der Waals surface area contributed by atoms with E-state index in [1.165, 1.54) is 89.9 Å². The highest BCUT2D eigenvalue weighted by Gasteiger charge is 2.23. The van der Waals surface area contributed by atoms with E-state index in [2.05, 4.69) is 43.5 Å². The number of aliphatic hydroxyl groups excluding tert-OH is 1. The molecule has 1 amide bonds. The highest BCUT2D eigenvalue weighted by atomic mass is 31.2. The second-order valence-electron chi connectivity index (χ2n) is 14.3. The normalized spacial score (nSPS) is 15.1. The van der Waals surface area contributed by atoms with E-state index in [1.807, 2.05) is 27.2 Å². The van der Waals surface area contributed by atoms with E-state index in [0.717, 1.165) is 44.9 Å². The molecule has 2 N–H and O–H groups in total. The molecule has 282 valence electrons. The zero-order chi connectivity index (χ0) is 35.8. The number of aliphatic hydroxyl groups is 1. The minimum atomic E-state index is -4.57. The fraction of sp³-hybridized carbons (Fsp3) is 0.821. The number of likely N-dealkylation sites (N-methyl/N-ethyl adjacent to an activating group) is 1. The SMILES string of the molecule is CCCCCCCCCCCCCCC/C=C/CC/C=C/CC/C=C/C(O)C(COP(=O)([O-])OCC[N+](C)(C)C)NC(=O)CCCCC. The van der Waals surface area contributed by atoms with Gasteiger partial charge in [0.1, 0.15) is 13.2 Å². The van der Waals surface area contributed by atoms with Gasteiger partial charge in [0.25, 0.3) is 7.82 Å². The average Bonchev–Trinajstić information content (AvgIpc) is 3.02. The molecule has 0 saturated heterocycles. The summed E-state index contributed by atoms with van der Waals surface area (Å²) in [7, 11) is 1.23. The van der Waals surface area contributed by atoms with Gasteiger partial charge in [0.15, 0.2) is 0 Å². The molecule has 0 aliphatic rings. The number of nitrogens with one attached hydrogen (secondary N) is 1. The van der Waals surface area contributed by atoms with Crippen LogP contribution in [0.5, 0.6) is 0 Å². The molecule has 8 nitrogen and oxygen atoms in total. The Hall–Kier alpha value is -1.28. The van der Waals surface area contributed by atoms with Crippen LogP contribution in [0, 0.1) is 0 Å². The molecule has 3 unspecified atom stereocenters. The third-order valence-corrected chi connectivity index (χ3v) is 9.29. The van der Waals surface area contributed by atoms with Crippen molar-refractivity contribution in [1.82, 2.24) is 5.32 Å². The lowest BCUT2D eigenvalue weighted by Crippen LogP contribution is -2.45. The van der Waals surface area contributed by atoms with E-state index in [1.54, 1.807) is 6.08 Å². The summed E-state index contributed by atoms with van der Waals surface area (Å²) in [6.45, 7) is 4.41. The smallest absolute Gasteiger partial charge is 0.268 e. The van der Waals surface area contributed by atoms with Gasteiger partial charge in [-0.2, -0.15) is 0 Å². The maximum Gasteiger partial charge on any atom is 0.268 e. The molecule has 0 spiro atoms. The van der Waals surface area contributed by atoms with Crippen LogP contribution in [-0.4, -0.2) is 68.5 Å². The lowest BCUT2D eigenvalue weighted by atomic mass is 10.0. The molecular weight excluding hydrogens is 623 g/mol. The Balaban J connectivity index is 4.20. The highest BCUT2D eigenvalue weighted by molar-refractivity contribution is 7.45. The quantitative estimate of drug-likeness (QED) is 0.0300. The number of nitrogens with zero attached hydrogens (tertiary/aromatic N) is 1. The first-order chi connectivity index (χ1) is 23.0. The Labute approximate surface area is 296 Å². The van der Waals surface area contributed by atoms with Crippen molar-refractivity contribution in [2.24, 2.45) is 0 Å². The lowest BCUT2D eigenvalue weighted by Gasteiger charge is -2.29. The van der Waals surface area contributed by atoms with Gasteiger partial charge < -0.3 is 28.8 Å². The summed E-state index contributed by atoms with van der Waals surface area (Å²) in [5, 5.41) is 13.5. The van der Waals surface area contributed by atoms with Crippen molar-refractivity contribution in [2.75, 3.05) is 40.9 Å². The molecule has 9 heteroatoms. The van der Waals surface area contributed by atoms with Gasteiger partial charge in [-0.25, -0.2) is 0 Å². The van der Waals surface area contributed by atoms with Crippen LogP contribution in [0.3, 0.4) is 0 Å². The number of phosphoric acid groups is 1. The molecule has 0 aliphatic carbocycles. The highest BCUT2D eigenvalue weighted by Crippen LogP contribution is 2.38. The van der Waals surface area contributed by atoms with Gasteiger partial charge in [0, 0.05) is 6.42 Å². The molecule has 48 heavy (non-hydrogen) atoms. The average molecular weight is 699 g/mol. The number of carbonyl (C=O) groups is 1. The number of unbranched alkanes of at least 4 members (excludes halogenated alkanes) is 17. The summed E-state index contributed by atoms with van der Waals surface area (Å²) in [5.74, 6) is -0.238. The maximum absolute atomic E-state index is 12.4. The number of rotatable bonds is 34. The molecule has 0 aromatic carbocycles. The van der Waals surface area contributed by atoms with Crippen molar-refractivity contribution in [2.45, 2.75) is 167 Å².